The van der Waals surface area contributed by atoms with Gasteiger partial charge in [-0.05, 0) is 17.7 Å². The van der Waals surface area contributed by atoms with Crippen molar-refractivity contribution in [1.29, 1.82) is 0 Å². The van der Waals surface area contributed by atoms with E-state index in [4.69, 9.17) is 23.2 Å². The fraction of sp³-hybridized carbons (Fsp3) is 0.429. The molecule has 0 saturated carbocycles. The molecular weight excluding hydrogens is 267 g/mol. The fourth-order valence-electron chi connectivity index (χ4n) is 2.21. The highest BCUT2D eigenvalue weighted by Crippen LogP contribution is 2.13. The molecular formula is C14H18Cl2N2. The highest BCUT2D eigenvalue weighted by atomic mass is 35.5. The van der Waals surface area contributed by atoms with E-state index < -0.39 is 0 Å². The average Bonchev–Trinajstić information content (AvgIpc) is 2.38. The molecule has 0 spiro atoms. The van der Waals surface area contributed by atoms with E-state index in [9.17, 15) is 0 Å². The van der Waals surface area contributed by atoms with E-state index >= 15 is 0 Å². The second-order valence-electron chi connectivity index (χ2n) is 4.57. The van der Waals surface area contributed by atoms with Crippen LogP contribution in [-0.4, -0.2) is 42.5 Å². The third-order valence-corrected chi connectivity index (χ3v) is 3.63. The first-order valence-electron chi connectivity index (χ1n) is 6.22. The predicted octanol–water partition coefficient (Wildman–Crippen LogP) is 3.21. The largest absolute Gasteiger partial charge is 0.297 e. The van der Waals surface area contributed by atoms with Crippen molar-refractivity contribution < 1.29 is 0 Å². The molecule has 98 valence electrons. The van der Waals surface area contributed by atoms with Gasteiger partial charge in [0.2, 0.25) is 0 Å². The maximum atomic E-state index is 6.00. The molecule has 0 radical (unpaired) electrons. The van der Waals surface area contributed by atoms with Crippen LogP contribution in [0.15, 0.2) is 35.9 Å². The molecule has 0 unspecified atom stereocenters. The molecule has 1 heterocycles. The first kappa shape index (κ1) is 13.9. The second kappa shape index (κ2) is 7.15. The van der Waals surface area contributed by atoms with Gasteiger partial charge in [-0.3, -0.25) is 9.80 Å². The minimum Gasteiger partial charge on any atom is -0.297 e. The first-order chi connectivity index (χ1) is 8.78. The van der Waals surface area contributed by atoms with Crippen molar-refractivity contribution in [3.63, 3.8) is 0 Å². The van der Waals surface area contributed by atoms with Gasteiger partial charge in [0.05, 0.1) is 0 Å². The van der Waals surface area contributed by atoms with Crippen molar-refractivity contribution in [2.75, 3.05) is 32.7 Å². The zero-order valence-corrected chi connectivity index (χ0v) is 11.9. The number of benzene rings is 1. The van der Waals surface area contributed by atoms with Crippen molar-refractivity contribution in [3.8, 4) is 0 Å². The maximum absolute atomic E-state index is 6.00. The Balaban J connectivity index is 1.80. The topological polar surface area (TPSA) is 6.48 Å². The van der Waals surface area contributed by atoms with E-state index in [1.165, 1.54) is 5.56 Å². The summed E-state index contributed by atoms with van der Waals surface area (Å²) in [7, 11) is 0. The summed E-state index contributed by atoms with van der Waals surface area (Å²) in [5.41, 5.74) is 2.88. The predicted molar refractivity (Wildman–Crippen MR) is 78.2 cm³/mol. The van der Waals surface area contributed by atoms with Crippen molar-refractivity contribution in [2.24, 2.45) is 0 Å². The van der Waals surface area contributed by atoms with Gasteiger partial charge < -0.3 is 0 Å². The molecule has 0 aliphatic carbocycles. The Hall–Kier alpha value is -0.540. The van der Waals surface area contributed by atoms with Crippen molar-refractivity contribution in [2.45, 2.75) is 6.54 Å². The Morgan fingerprint density at radius 1 is 1.11 bits per heavy atom. The minimum atomic E-state index is 0.818. The lowest BCUT2D eigenvalue weighted by molar-refractivity contribution is 0.137. The maximum Gasteiger partial charge on any atom is 0.0409 e. The quantitative estimate of drug-likeness (QED) is 0.838. The number of halogens is 2. The summed E-state index contributed by atoms with van der Waals surface area (Å²) in [6.07, 6.45) is 1.99. The lowest BCUT2D eigenvalue weighted by Crippen LogP contribution is -2.45. The Labute approximate surface area is 119 Å². The van der Waals surface area contributed by atoms with Crippen molar-refractivity contribution >= 4 is 23.2 Å². The van der Waals surface area contributed by atoms with Crippen LogP contribution in [0.5, 0.6) is 0 Å². The molecule has 1 aromatic rings. The van der Waals surface area contributed by atoms with Gasteiger partial charge in [-0.25, -0.2) is 0 Å². The van der Waals surface area contributed by atoms with Gasteiger partial charge in [0.1, 0.15) is 0 Å². The van der Waals surface area contributed by atoms with Gasteiger partial charge in [0, 0.05) is 49.8 Å². The van der Waals surface area contributed by atoms with Crippen LogP contribution in [0.2, 0.25) is 5.02 Å². The van der Waals surface area contributed by atoms with Crippen LogP contribution in [-0.2, 0) is 6.54 Å². The molecule has 0 atom stereocenters. The van der Waals surface area contributed by atoms with Gasteiger partial charge in [0.25, 0.3) is 0 Å². The Morgan fingerprint density at radius 2 is 1.83 bits per heavy atom. The van der Waals surface area contributed by atoms with Gasteiger partial charge in [-0.1, -0.05) is 41.4 Å². The number of rotatable bonds is 4. The van der Waals surface area contributed by atoms with Crippen LogP contribution in [0, 0.1) is 0 Å². The van der Waals surface area contributed by atoms with Crippen LogP contribution in [0.1, 0.15) is 5.56 Å². The summed E-state index contributed by atoms with van der Waals surface area (Å²) in [5, 5.41) is 0.818. The normalized spacial score (nSPS) is 18.6. The molecule has 1 saturated heterocycles. The number of nitrogens with zero attached hydrogens (tertiary/aromatic N) is 2. The van der Waals surface area contributed by atoms with E-state index in [2.05, 4.69) is 15.9 Å². The summed E-state index contributed by atoms with van der Waals surface area (Å²) in [5.74, 6) is 0. The van der Waals surface area contributed by atoms with E-state index in [1.54, 1.807) is 5.54 Å². The van der Waals surface area contributed by atoms with Crippen molar-refractivity contribution in [3.05, 3.63) is 46.5 Å². The Morgan fingerprint density at radius 3 is 2.50 bits per heavy atom. The third kappa shape index (κ3) is 4.29. The van der Waals surface area contributed by atoms with Crippen LogP contribution >= 0.6 is 23.2 Å². The van der Waals surface area contributed by atoms with E-state index in [1.807, 2.05) is 24.3 Å². The molecule has 0 amide bonds. The Kier molecular flexibility index (Phi) is 5.51. The van der Waals surface area contributed by atoms with Crippen LogP contribution in [0.3, 0.4) is 0 Å². The highest BCUT2D eigenvalue weighted by Gasteiger charge is 2.15. The SMILES string of the molecule is Cl/C=C/CN1CCN(Cc2cccc(Cl)c2)CC1. The van der Waals surface area contributed by atoms with Gasteiger partial charge in [-0.2, -0.15) is 0 Å². The molecule has 1 aliphatic rings. The standard InChI is InChI=1S/C14H18Cl2N2/c15-5-2-6-17-7-9-18(10-8-17)12-13-3-1-4-14(16)11-13/h1-5,11H,6-10,12H2/b5-2+. The Bertz CT molecular complexity index is 399. The summed E-state index contributed by atoms with van der Waals surface area (Å²) in [4.78, 5) is 4.87. The van der Waals surface area contributed by atoms with Gasteiger partial charge in [-0.15, -0.1) is 0 Å². The molecule has 18 heavy (non-hydrogen) atoms. The number of piperazine rings is 1. The zero-order valence-electron chi connectivity index (χ0n) is 10.4. The summed E-state index contributed by atoms with van der Waals surface area (Å²) < 4.78 is 0. The van der Waals surface area contributed by atoms with Crippen LogP contribution in [0.25, 0.3) is 0 Å². The molecule has 0 bridgehead atoms. The van der Waals surface area contributed by atoms with E-state index in [-0.39, 0.29) is 0 Å². The molecule has 4 heteroatoms. The molecule has 1 aliphatic heterocycles. The molecule has 1 aromatic carbocycles. The molecule has 0 N–H and O–H groups in total. The van der Waals surface area contributed by atoms with Gasteiger partial charge in [0.15, 0.2) is 0 Å². The summed E-state index contributed by atoms with van der Waals surface area (Å²) in [6.45, 7) is 6.34. The lowest BCUT2D eigenvalue weighted by Gasteiger charge is -2.34. The summed E-state index contributed by atoms with van der Waals surface area (Å²) in [6, 6.07) is 8.11. The first-order valence-corrected chi connectivity index (χ1v) is 7.04. The smallest absolute Gasteiger partial charge is 0.0409 e. The van der Waals surface area contributed by atoms with Crippen molar-refractivity contribution in [1.82, 2.24) is 9.80 Å². The fourth-order valence-corrected chi connectivity index (χ4v) is 2.50. The van der Waals surface area contributed by atoms with E-state index in [0.717, 1.165) is 44.3 Å². The minimum absolute atomic E-state index is 0.818. The summed E-state index contributed by atoms with van der Waals surface area (Å²) >= 11 is 11.5. The number of hydrogen-bond acceptors (Lipinski definition) is 2. The molecule has 2 rings (SSSR count). The molecule has 1 fully saturated rings. The van der Waals surface area contributed by atoms with Crippen LogP contribution < -0.4 is 0 Å². The third-order valence-electron chi connectivity index (χ3n) is 3.21. The number of hydrogen-bond donors (Lipinski definition) is 0. The monoisotopic (exact) mass is 284 g/mol. The average molecular weight is 285 g/mol. The molecule has 0 aromatic heterocycles. The van der Waals surface area contributed by atoms with E-state index in [0.29, 0.717) is 0 Å². The lowest BCUT2D eigenvalue weighted by atomic mass is 10.2. The van der Waals surface area contributed by atoms with Crippen LogP contribution in [0.4, 0.5) is 0 Å². The molecule has 2 nitrogen and oxygen atoms in total. The second-order valence-corrected chi connectivity index (χ2v) is 5.26. The zero-order chi connectivity index (χ0) is 12.8. The highest BCUT2D eigenvalue weighted by molar-refractivity contribution is 6.30. The van der Waals surface area contributed by atoms with Gasteiger partial charge >= 0.3 is 0 Å².